The van der Waals surface area contributed by atoms with Crippen LogP contribution in [0, 0.1) is 17.8 Å². The molecule has 4 rings (SSSR count). The van der Waals surface area contributed by atoms with Gasteiger partial charge in [-0.05, 0) is 87.9 Å². The van der Waals surface area contributed by atoms with Crippen molar-refractivity contribution in [2.45, 2.75) is 186 Å². The summed E-state index contributed by atoms with van der Waals surface area (Å²) >= 11 is 0. The van der Waals surface area contributed by atoms with Crippen LogP contribution in [-0.4, -0.2) is 138 Å². The van der Waals surface area contributed by atoms with Crippen molar-refractivity contribution in [3.63, 3.8) is 0 Å². The van der Waals surface area contributed by atoms with Crippen molar-refractivity contribution in [2.24, 2.45) is 17.8 Å². The first-order chi connectivity index (χ1) is 25.5. The van der Waals surface area contributed by atoms with Crippen molar-refractivity contribution in [1.29, 1.82) is 0 Å². The molecule has 17 atom stereocenters. The predicted octanol–water partition coefficient (Wildman–Crippen LogP) is 4.02. The first-order valence-electron chi connectivity index (χ1n) is 19.9. The summed E-state index contributed by atoms with van der Waals surface area (Å²) in [4.78, 5) is 29.3. The molecule has 0 aromatic carbocycles. The number of allylic oxidation sites excluding steroid dienone is 1. The fourth-order valence-electron chi connectivity index (χ4n) is 9.15. The summed E-state index contributed by atoms with van der Waals surface area (Å²) in [5, 5.41) is 34.6. The molecule has 0 aromatic rings. The van der Waals surface area contributed by atoms with Gasteiger partial charge in [-0.3, -0.25) is 4.79 Å². The molecular formula is C41H69NO13. The van der Waals surface area contributed by atoms with Gasteiger partial charge in [0, 0.05) is 37.9 Å². The van der Waals surface area contributed by atoms with Crippen molar-refractivity contribution in [3.8, 4) is 0 Å². The van der Waals surface area contributed by atoms with E-state index in [9.17, 15) is 24.9 Å². The maximum absolute atomic E-state index is 14.3. The zero-order valence-electron chi connectivity index (χ0n) is 35.4. The Balaban J connectivity index is 1.88. The number of carbonyl (C=O) groups excluding carboxylic acids is 2. The number of fused-ring (bicyclic) bond motifs is 2. The van der Waals surface area contributed by atoms with Gasteiger partial charge in [-0.2, -0.15) is 0 Å². The first-order valence-corrected chi connectivity index (χ1v) is 19.9. The van der Waals surface area contributed by atoms with E-state index in [0.29, 0.717) is 18.6 Å². The van der Waals surface area contributed by atoms with Crippen LogP contribution in [0.4, 0.5) is 0 Å². The number of hydrogen-bond donors (Lipinski definition) is 3. The number of esters is 2. The largest absolute Gasteiger partial charge is 0.489 e. The minimum atomic E-state index is -1.85. The van der Waals surface area contributed by atoms with Gasteiger partial charge in [0.05, 0.1) is 42.0 Å². The molecule has 14 heteroatoms. The molecule has 0 aromatic heterocycles. The van der Waals surface area contributed by atoms with Crippen LogP contribution in [0.15, 0.2) is 23.5 Å². The van der Waals surface area contributed by atoms with Crippen molar-refractivity contribution < 1.29 is 62.8 Å². The van der Waals surface area contributed by atoms with Gasteiger partial charge >= 0.3 is 11.9 Å². The lowest BCUT2D eigenvalue weighted by molar-refractivity contribution is -0.317. The average Bonchev–Trinajstić information content (AvgIpc) is 3.43. The molecule has 0 amide bonds. The van der Waals surface area contributed by atoms with Crippen LogP contribution in [0.25, 0.3) is 0 Å². The Morgan fingerprint density at radius 3 is 2.24 bits per heavy atom. The van der Waals surface area contributed by atoms with E-state index in [4.69, 9.17) is 37.9 Å². The second kappa shape index (κ2) is 17.8. The third kappa shape index (κ3) is 9.44. The van der Waals surface area contributed by atoms with Crippen molar-refractivity contribution in [1.82, 2.24) is 4.90 Å². The van der Waals surface area contributed by atoms with Gasteiger partial charge in [-0.25, -0.2) is 4.79 Å². The van der Waals surface area contributed by atoms with E-state index in [2.05, 4.69) is 0 Å². The van der Waals surface area contributed by atoms with Gasteiger partial charge in [-0.15, -0.1) is 0 Å². The number of ether oxygens (including phenoxy) is 8. The summed E-state index contributed by atoms with van der Waals surface area (Å²) < 4.78 is 51.4. The topological polar surface area (TPSA) is 172 Å². The molecule has 3 saturated heterocycles. The normalized spacial score (nSPS) is 46.1. The van der Waals surface area contributed by atoms with Gasteiger partial charge in [0.25, 0.3) is 0 Å². The second-order valence-corrected chi connectivity index (χ2v) is 17.3. The molecule has 4 aliphatic rings. The van der Waals surface area contributed by atoms with Crippen molar-refractivity contribution in [2.75, 3.05) is 21.2 Å². The highest BCUT2D eigenvalue weighted by atomic mass is 16.7. The molecule has 4 aliphatic heterocycles. The maximum Gasteiger partial charge on any atom is 0.330 e. The van der Waals surface area contributed by atoms with E-state index >= 15 is 0 Å². The van der Waals surface area contributed by atoms with Crippen LogP contribution < -0.4 is 0 Å². The van der Waals surface area contributed by atoms with Crippen LogP contribution in [-0.2, 0) is 47.5 Å². The standard InChI is InChI=1S/C41H69NO13/c1-15-17-29(43)52-33-27(42(12)13)18-22(4)49-38(33)54-36-24(6)32(53-30-20-39(9,48-14)35(45)26(8)50-30)25(7)37(46)51-28(16-2)41(11,47)34(44)23(5)31-21(3)19-40(36,10)55-31/h15,17,22-28,30,32-36,38,44-45,47H,16,18-20H2,1-14H3/b17-15+/t22-,23+,24+,25-,26+,27+,28-,30+,32+,33-,34-,35+,36-,38+,39-,40-,41-/m1/s1. The highest BCUT2D eigenvalue weighted by Gasteiger charge is 2.56. The number of methoxy groups -OCH3 is 1. The highest BCUT2D eigenvalue weighted by molar-refractivity contribution is 5.82. The summed E-state index contributed by atoms with van der Waals surface area (Å²) in [5.41, 5.74) is -3.13. The molecular weight excluding hydrogens is 714 g/mol. The Morgan fingerprint density at radius 1 is 1.00 bits per heavy atom. The number of hydrogen-bond acceptors (Lipinski definition) is 14. The Bertz CT molecular complexity index is 1400. The second-order valence-electron chi connectivity index (χ2n) is 17.3. The molecule has 0 saturated carbocycles. The number of aliphatic hydroxyl groups is 3. The lowest BCUT2D eigenvalue weighted by Crippen LogP contribution is -2.61. The number of rotatable bonds is 9. The van der Waals surface area contributed by atoms with Crippen LogP contribution in [0.5, 0.6) is 0 Å². The average molecular weight is 784 g/mol. The van der Waals surface area contributed by atoms with Crippen LogP contribution in [0.1, 0.15) is 102 Å². The van der Waals surface area contributed by atoms with Crippen molar-refractivity contribution in [3.05, 3.63) is 23.5 Å². The van der Waals surface area contributed by atoms with Crippen LogP contribution in [0.2, 0.25) is 0 Å². The third-order valence-corrected chi connectivity index (χ3v) is 12.5. The lowest BCUT2D eigenvalue weighted by atomic mass is 9.78. The summed E-state index contributed by atoms with van der Waals surface area (Å²) in [6.07, 6.45) is -4.72. The Morgan fingerprint density at radius 2 is 1.65 bits per heavy atom. The monoisotopic (exact) mass is 783 g/mol. The van der Waals surface area contributed by atoms with E-state index in [1.807, 2.05) is 46.7 Å². The van der Waals surface area contributed by atoms with E-state index in [0.717, 1.165) is 5.57 Å². The quantitative estimate of drug-likeness (QED) is 0.226. The summed E-state index contributed by atoms with van der Waals surface area (Å²) in [5.74, 6) is -3.02. The van der Waals surface area contributed by atoms with Gasteiger partial charge < -0.3 is 58.1 Å². The Labute approximate surface area is 327 Å². The first kappa shape index (κ1) is 45.6. The molecule has 4 heterocycles. The molecule has 3 N–H and O–H groups in total. The van der Waals surface area contributed by atoms with E-state index in [1.165, 1.54) is 20.1 Å². The third-order valence-electron chi connectivity index (χ3n) is 12.5. The lowest BCUT2D eigenvalue weighted by Gasteiger charge is -2.49. The molecule has 0 spiro atoms. The molecule has 0 unspecified atom stereocenters. The highest BCUT2D eigenvalue weighted by Crippen LogP contribution is 2.47. The molecule has 2 bridgehead atoms. The SMILES string of the molecule is C/C=C/C(=O)O[C@H]1[C@H](O[C@@H]2[C@@H](C)[C@H](O[C@H]3C[C@@](C)(OC)[C@@H](O)[C@H](C)O3)[C@@H](C)C(=O)O[C@H](CC)[C@@](C)(O)[C@H](O)[C@@H](C)C3=C(C)C[C@@]2(C)O3)O[C@H](C)C[C@@H]1N(C)C. The number of carbonyl (C=O) groups is 2. The zero-order valence-corrected chi connectivity index (χ0v) is 35.4. The van der Waals surface area contributed by atoms with Gasteiger partial charge in [0.15, 0.2) is 18.7 Å². The molecule has 0 aliphatic carbocycles. The zero-order chi connectivity index (χ0) is 41.4. The van der Waals surface area contributed by atoms with Gasteiger partial charge in [-0.1, -0.05) is 26.8 Å². The maximum atomic E-state index is 14.3. The molecule has 3 fully saturated rings. The molecule has 316 valence electrons. The molecule has 14 nitrogen and oxygen atoms in total. The van der Waals surface area contributed by atoms with Crippen LogP contribution >= 0.6 is 0 Å². The van der Waals surface area contributed by atoms with Crippen LogP contribution in [0.3, 0.4) is 0 Å². The minimum Gasteiger partial charge on any atom is -0.489 e. The molecule has 0 radical (unpaired) electrons. The van der Waals surface area contributed by atoms with E-state index < -0.39 is 102 Å². The van der Waals surface area contributed by atoms with Crippen molar-refractivity contribution >= 4 is 11.9 Å². The number of nitrogens with zero attached hydrogens (tertiary/aromatic N) is 1. The Kier molecular flexibility index (Phi) is 14.7. The minimum absolute atomic E-state index is 0.150. The fourth-order valence-corrected chi connectivity index (χ4v) is 9.15. The van der Waals surface area contributed by atoms with Gasteiger partial charge in [0.2, 0.25) is 0 Å². The smallest absolute Gasteiger partial charge is 0.330 e. The Hall–Kier alpha value is -2.14. The van der Waals surface area contributed by atoms with E-state index in [1.54, 1.807) is 47.6 Å². The molecule has 55 heavy (non-hydrogen) atoms. The van der Waals surface area contributed by atoms with Gasteiger partial charge in [0.1, 0.15) is 35.3 Å². The van der Waals surface area contributed by atoms with E-state index in [-0.39, 0.29) is 25.0 Å². The number of aliphatic hydroxyl groups excluding tert-OH is 2. The summed E-state index contributed by atoms with van der Waals surface area (Å²) in [7, 11) is 5.35. The summed E-state index contributed by atoms with van der Waals surface area (Å²) in [6.45, 7) is 19.6. The predicted molar refractivity (Wildman–Crippen MR) is 202 cm³/mol. The summed E-state index contributed by atoms with van der Waals surface area (Å²) in [6, 6.07) is -0.264. The number of likely N-dealkylation sites (N-methyl/N-ethyl adjacent to an activating group) is 1. The fraction of sp³-hybridized carbons (Fsp3) is 0.854. The number of cyclic esters (lactones) is 1.